The van der Waals surface area contributed by atoms with Crippen LogP contribution in [0.4, 0.5) is 5.82 Å². The molecule has 1 aliphatic heterocycles. The molecule has 1 atom stereocenters. The fraction of sp³-hybridized carbons (Fsp3) is 0.333. The predicted molar refractivity (Wildman–Crippen MR) is 127 cm³/mol. The lowest BCUT2D eigenvalue weighted by Gasteiger charge is -2.20. The highest BCUT2D eigenvalue weighted by Gasteiger charge is 2.33. The van der Waals surface area contributed by atoms with Crippen molar-refractivity contribution in [2.45, 2.75) is 25.5 Å². The van der Waals surface area contributed by atoms with Gasteiger partial charge in [-0.3, -0.25) is 4.79 Å². The van der Waals surface area contributed by atoms with Crippen LogP contribution in [-0.2, 0) is 11.2 Å². The summed E-state index contributed by atoms with van der Waals surface area (Å²) < 4.78 is 18.5. The molecule has 8 heteroatoms. The minimum absolute atomic E-state index is 0.0653. The van der Waals surface area contributed by atoms with Crippen LogP contribution < -0.4 is 19.5 Å². The zero-order valence-electron chi connectivity index (χ0n) is 18.9. The smallest absolute Gasteiger partial charge is 0.235 e. The molecule has 0 radical (unpaired) electrons. The van der Waals surface area contributed by atoms with Crippen LogP contribution in [0.3, 0.4) is 0 Å². The molecule has 0 unspecified atom stereocenters. The Bertz CT molecular complexity index is 1140. The van der Waals surface area contributed by atoms with E-state index in [0.29, 0.717) is 28.8 Å². The molecule has 2 heterocycles. The SMILES string of the molecule is CCc1ccc(-n2nc(C)c3c2NC(=O)CS[C@@H]3c2cc(OC)c(OC)cc2OC)cc1. The lowest BCUT2D eigenvalue weighted by Crippen LogP contribution is -2.15. The number of hydrogen-bond acceptors (Lipinski definition) is 6. The third kappa shape index (κ3) is 3.90. The number of hydrogen-bond donors (Lipinski definition) is 1. The monoisotopic (exact) mass is 453 g/mol. The molecule has 7 nitrogen and oxygen atoms in total. The molecular formula is C24H27N3O4S. The number of nitrogens with one attached hydrogen (secondary N) is 1. The molecular weight excluding hydrogens is 426 g/mol. The van der Waals surface area contributed by atoms with Gasteiger partial charge in [0.25, 0.3) is 0 Å². The predicted octanol–water partition coefficient (Wildman–Crippen LogP) is 4.54. The number of methoxy groups -OCH3 is 3. The highest BCUT2D eigenvalue weighted by Crippen LogP contribution is 2.49. The number of aryl methyl sites for hydroxylation is 2. The van der Waals surface area contributed by atoms with Crippen LogP contribution in [0, 0.1) is 6.92 Å². The Kier molecular flexibility index (Phi) is 6.32. The van der Waals surface area contributed by atoms with Gasteiger partial charge in [-0.2, -0.15) is 5.10 Å². The average molecular weight is 454 g/mol. The van der Waals surface area contributed by atoms with Crippen LogP contribution in [0.25, 0.3) is 5.69 Å². The van der Waals surface area contributed by atoms with Gasteiger partial charge in [-0.05, 0) is 37.1 Å². The number of aromatic nitrogens is 2. The summed E-state index contributed by atoms with van der Waals surface area (Å²) in [5.41, 5.74) is 4.84. The maximum absolute atomic E-state index is 12.6. The lowest BCUT2D eigenvalue weighted by molar-refractivity contribution is -0.113. The van der Waals surface area contributed by atoms with E-state index in [0.717, 1.165) is 28.9 Å². The maximum atomic E-state index is 12.6. The van der Waals surface area contributed by atoms with Crippen LogP contribution in [-0.4, -0.2) is 42.8 Å². The number of amides is 1. The van der Waals surface area contributed by atoms with Gasteiger partial charge in [0, 0.05) is 17.2 Å². The molecule has 0 aliphatic carbocycles. The molecule has 1 aliphatic rings. The van der Waals surface area contributed by atoms with E-state index >= 15 is 0 Å². The van der Waals surface area contributed by atoms with Crippen molar-refractivity contribution >= 4 is 23.5 Å². The summed E-state index contributed by atoms with van der Waals surface area (Å²) in [6.07, 6.45) is 0.963. The normalized spacial score (nSPS) is 15.5. The number of carbonyl (C=O) groups excluding carboxylic acids is 1. The van der Waals surface area contributed by atoms with Crippen molar-refractivity contribution in [1.29, 1.82) is 0 Å². The van der Waals surface area contributed by atoms with E-state index in [-0.39, 0.29) is 11.2 Å². The van der Waals surface area contributed by atoms with E-state index in [4.69, 9.17) is 19.3 Å². The summed E-state index contributed by atoms with van der Waals surface area (Å²) in [7, 11) is 4.83. The molecule has 0 spiro atoms. The highest BCUT2D eigenvalue weighted by atomic mass is 32.2. The molecule has 0 fully saturated rings. The van der Waals surface area contributed by atoms with Crippen LogP contribution in [0.2, 0.25) is 0 Å². The molecule has 32 heavy (non-hydrogen) atoms. The molecule has 1 amide bonds. The molecule has 4 rings (SSSR count). The Hall–Kier alpha value is -3.13. The molecule has 2 aromatic carbocycles. The van der Waals surface area contributed by atoms with E-state index in [1.165, 1.54) is 17.3 Å². The van der Waals surface area contributed by atoms with E-state index in [1.54, 1.807) is 21.3 Å². The molecule has 168 valence electrons. The molecule has 3 aromatic rings. The maximum Gasteiger partial charge on any atom is 0.235 e. The molecule has 1 N–H and O–H groups in total. The number of carbonyl (C=O) groups is 1. The third-order valence-electron chi connectivity index (χ3n) is 5.62. The van der Waals surface area contributed by atoms with Crippen LogP contribution in [0.15, 0.2) is 36.4 Å². The van der Waals surface area contributed by atoms with E-state index < -0.39 is 0 Å². The summed E-state index contributed by atoms with van der Waals surface area (Å²) in [4.78, 5) is 12.6. The second kappa shape index (κ2) is 9.16. The second-order valence-electron chi connectivity index (χ2n) is 7.47. The van der Waals surface area contributed by atoms with Crippen molar-refractivity contribution in [2.75, 3.05) is 32.4 Å². The van der Waals surface area contributed by atoms with Crippen molar-refractivity contribution in [3.8, 4) is 22.9 Å². The van der Waals surface area contributed by atoms with Crippen LogP contribution >= 0.6 is 11.8 Å². The summed E-state index contributed by atoms with van der Waals surface area (Å²) in [6, 6.07) is 12.0. The van der Waals surface area contributed by atoms with Gasteiger partial charge in [0.15, 0.2) is 11.5 Å². The van der Waals surface area contributed by atoms with E-state index in [9.17, 15) is 4.79 Å². The first-order chi connectivity index (χ1) is 15.5. The first-order valence-corrected chi connectivity index (χ1v) is 11.5. The Labute approximate surface area is 192 Å². The number of rotatable bonds is 6. The Morgan fingerprint density at radius 1 is 1.06 bits per heavy atom. The standard InChI is InChI=1S/C24H27N3O4S/c1-6-15-7-9-16(10-8-15)27-24-22(14(2)26-27)23(32-13-21(28)25-24)17-11-19(30-4)20(31-5)12-18(17)29-3/h7-12,23H,6,13H2,1-5H3,(H,25,28)/t23-/m1/s1. The summed E-state index contributed by atoms with van der Waals surface area (Å²) in [5, 5.41) is 7.69. The topological polar surface area (TPSA) is 74.6 Å². The summed E-state index contributed by atoms with van der Waals surface area (Å²) >= 11 is 1.54. The zero-order chi connectivity index (χ0) is 22.8. The summed E-state index contributed by atoms with van der Waals surface area (Å²) in [6.45, 7) is 4.09. The molecule has 0 bridgehead atoms. The van der Waals surface area contributed by atoms with Crippen molar-refractivity contribution in [3.63, 3.8) is 0 Å². The Balaban J connectivity index is 1.89. The quantitative estimate of drug-likeness (QED) is 0.591. The van der Waals surface area contributed by atoms with Crippen molar-refractivity contribution in [3.05, 3.63) is 58.8 Å². The lowest BCUT2D eigenvalue weighted by atomic mass is 10.0. The number of fused-ring (bicyclic) bond motifs is 1. The Morgan fingerprint density at radius 3 is 2.34 bits per heavy atom. The first kappa shape index (κ1) is 22.1. The molecule has 0 saturated carbocycles. The fourth-order valence-corrected chi connectivity index (χ4v) is 5.15. The molecule has 0 saturated heterocycles. The van der Waals surface area contributed by atoms with Crippen molar-refractivity contribution < 1.29 is 19.0 Å². The zero-order valence-corrected chi connectivity index (χ0v) is 19.7. The van der Waals surface area contributed by atoms with Gasteiger partial charge < -0.3 is 19.5 Å². The van der Waals surface area contributed by atoms with Gasteiger partial charge in [0.05, 0.1) is 43.7 Å². The van der Waals surface area contributed by atoms with Crippen LogP contribution in [0.5, 0.6) is 17.2 Å². The van der Waals surface area contributed by atoms with E-state index in [2.05, 4.69) is 24.4 Å². The number of anilines is 1. The van der Waals surface area contributed by atoms with Crippen molar-refractivity contribution in [2.24, 2.45) is 0 Å². The minimum atomic E-state index is -0.178. The number of nitrogens with zero attached hydrogens (tertiary/aromatic N) is 2. The summed E-state index contributed by atoms with van der Waals surface area (Å²) in [5.74, 6) is 2.79. The van der Waals surface area contributed by atoms with Gasteiger partial charge in [-0.15, -0.1) is 11.8 Å². The Morgan fingerprint density at radius 2 is 1.72 bits per heavy atom. The number of ether oxygens (including phenoxy) is 3. The third-order valence-corrected chi connectivity index (χ3v) is 6.87. The van der Waals surface area contributed by atoms with Gasteiger partial charge in [-0.25, -0.2) is 4.68 Å². The van der Waals surface area contributed by atoms with Crippen LogP contribution in [0.1, 0.15) is 34.6 Å². The number of thioether (sulfide) groups is 1. The van der Waals surface area contributed by atoms with Gasteiger partial charge in [0.1, 0.15) is 11.6 Å². The van der Waals surface area contributed by atoms with E-state index in [1.807, 2.05) is 35.9 Å². The van der Waals surface area contributed by atoms with Gasteiger partial charge in [0.2, 0.25) is 5.91 Å². The number of benzene rings is 2. The van der Waals surface area contributed by atoms with Gasteiger partial charge >= 0.3 is 0 Å². The minimum Gasteiger partial charge on any atom is -0.496 e. The second-order valence-corrected chi connectivity index (χ2v) is 8.56. The first-order valence-electron chi connectivity index (χ1n) is 10.4. The van der Waals surface area contributed by atoms with Crippen molar-refractivity contribution in [1.82, 2.24) is 9.78 Å². The fourth-order valence-electron chi connectivity index (χ4n) is 3.95. The average Bonchev–Trinajstić information content (AvgIpc) is 3.03. The largest absolute Gasteiger partial charge is 0.496 e. The van der Waals surface area contributed by atoms with Gasteiger partial charge in [-0.1, -0.05) is 19.1 Å². The highest BCUT2D eigenvalue weighted by molar-refractivity contribution is 8.00. The molecule has 1 aromatic heterocycles.